The van der Waals surface area contributed by atoms with Crippen LogP contribution in [0.25, 0.3) is 27.7 Å². The van der Waals surface area contributed by atoms with E-state index in [1.807, 2.05) is 53.0 Å². The number of allylic oxidation sites excluding steroid dienone is 2. The Morgan fingerprint density at radius 1 is 1.12 bits per heavy atom. The molecule has 17 heteroatoms. The maximum Gasteiger partial charge on any atom is 0.320 e. The first kappa shape index (κ1) is 52.9. The molecule has 0 aliphatic carbocycles. The monoisotopic (exact) mass is 968 g/mol. The zero-order chi connectivity index (χ0) is 50.5. The summed E-state index contributed by atoms with van der Waals surface area (Å²) in [7, 11) is 3.27. The van der Waals surface area contributed by atoms with Crippen molar-refractivity contribution in [3.8, 4) is 11.3 Å². The van der Waals surface area contributed by atoms with Gasteiger partial charge in [-0.25, -0.2) is 15.2 Å². The number of nitrogens with zero attached hydrogens (tertiary/aromatic N) is 7. The van der Waals surface area contributed by atoms with E-state index in [1.165, 1.54) is 27.3 Å². The standard InChI is InChI=1S/C52H73N9O7S/c1-14-37(45(53-16-3)35(9)67-13)47-39-25-51(10,11)30-68-31-52(29-62)21-18-22-61(56-52)49(65)40(24-43-54-41(28-69-43)36-19-20-42(38(39)23-36)58(47)17-4)55-48(64)46(32(5)6)57(12)50(66)60-27-33(7)59(26-34(60)8)44(63)15-2/h14-16,19-20,23,28-29,32-35,40,46,56H,1-2,17-18,21-22,24-27,30-31H2,3-13H3,(H,55,64)/b45-37+,53-16-/t33-,34-,35+,40+,46+,52+/m1/s1. The number of benzene rings is 1. The second-order valence-corrected chi connectivity index (χ2v) is 20.8. The molecule has 3 aromatic rings. The quantitative estimate of drug-likeness (QED) is 0.0870. The Hall–Kier alpha value is -5.49. The number of likely N-dealkylation sites (N-methyl/N-ethyl adjacent to an activating group) is 1. The first-order valence-corrected chi connectivity index (χ1v) is 25.0. The predicted molar refractivity (Wildman–Crippen MR) is 273 cm³/mol. The van der Waals surface area contributed by atoms with E-state index in [4.69, 9.17) is 19.5 Å². The van der Waals surface area contributed by atoms with Crippen LogP contribution in [-0.4, -0.2) is 148 Å². The van der Waals surface area contributed by atoms with Crippen molar-refractivity contribution in [2.75, 3.05) is 47.0 Å². The molecule has 6 atom stereocenters. The number of urea groups is 1. The van der Waals surface area contributed by atoms with Gasteiger partial charge in [0.05, 0.1) is 41.4 Å². The minimum absolute atomic E-state index is 0.0121. The number of amides is 5. The molecule has 6 bridgehead atoms. The van der Waals surface area contributed by atoms with Gasteiger partial charge in [0.2, 0.25) is 11.8 Å². The van der Waals surface area contributed by atoms with Crippen LogP contribution in [0.4, 0.5) is 4.79 Å². The number of nitrogens with one attached hydrogen (secondary N) is 2. The first-order chi connectivity index (χ1) is 32.8. The SMILES string of the molecule is C=CC(=O)N1C[C@@H](C)N(C(=O)N(C)[C@H](C(=O)N[C@H]2Cc3nc(cs3)-c3ccc4c(c3)c(c(/C(C=C)=C(/N=C\C)[C@H](C)OC)n4CC)CC(C)(C)COC[C@@]3(C=O)CCCN(N3)C2=O)C(C)C)C[C@H]1C. The highest BCUT2D eigenvalue weighted by molar-refractivity contribution is 7.10. The van der Waals surface area contributed by atoms with Gasteiger partial charge in [0.15, 0.2) is 0 Å². The van der Waals surface area contributed by atoms with E-state index in [2.05, 4.69) is 67.4 Å². The Balaban J connectivity index is 1.42. The van der Waals surface area contributed by atoms with Gasteiger partial charge in [-0.2, -0.15) is 0 Å². The number of aliphatic imine (C=N–C) groups is 1. The van der Waals surface area contributed by atoms with Crippen LogP contribution >= 0.6 is 11.3 Å². The van der Waals surface area contributed by atoms with Crippen molar-refractivity contribution in [1.29, 1.82) is 0 Å². The van der Waals surface area contributed by atoms with Crippen molar-refractivity contribution in [3.63, 3.8) is 0 Å². The van der Waals surface area contributed by atoms with E-state index in [0.717, 1.165) is 51.0 Å². The van der Waals surface area contributed by atoms with E-state index in [-0.39, 0.29) is 55.6 Å². The number of fused-ring (bicyclic) bond motifs is 6. The number of piperazine rings is 1. The molecule has 69 heavy (non-hydrogen) atoms. The molecule has 0 unspecified atom stereocenters. The van der Waals surface area contributed by atoms with Gasteiger partial charge in [-0.1, -0.05) is 53.0 Å². The largest absolute Gasteiger partial charge is 0.378 e. The number of carbonyl (C=O) groups is 5. The van der Waals surface area contributed by atoms with E-state index in [9.17, 15) is 24.0 Å². The lowest BCUT2D eigenvalue weighted by atomic mass is 9.84. The Kier molecular flexibility index (Phi) is 16.9. The molecule has 374 valence electrons. The van der Waals surface area contributed by atoms with E-state index >= 15 is 0 Å². The van der Waals surface area contributed by atoms with Crippen molar-refractivity contribution >= 4 is 64.1 Å². The summed E-state index contributed by atoms with van der Waals surface area (Å²) in [4.78, 5) is 84.2. The Morgan fingerprint density at radius 3 is 2.46 bits per heavy atom. The summed E-state index contributed by atoms with van der Waals surface area (Å²) in [5.74, 6) is -1.48. The minimum Gasteiger partial charge on any atom is -0.378 e. The van der Waals surface area contributed by atoms with E-state index in [0.29, 0.717) is 50.5 Å². The molecule has 6 rings (SSSR count). The van der Waals surface area contributed by atoms with Crippen LogP contribution in [0.5, 0.6) is 0 Å². The highest BCUT2D eigenvalue weighted by Crippen LogP contribution is 2.40. The Labute approximate surface area is 411 Å². The second kappa shape index (κ2) is 22.1. The fourth-order valence-corrected chi connectivity index (χ4v) is 11.0. The summed E-state index contributed by atoms with van der Waals surface area (Å²) in [6, 6.07) is 3.34. The van der Waals surface area contributed by atoms with Crippen LogP contribution in [0, 0.1) is 11.3 Å². The van der Waals surface area contributed by atoms with Crippen LogP contribution in [0.1, 0.15) is 91.4 Å². The van der Waals surface area contributed by atoms with Crippen LogP contribution in [-0.2, 0) is 48.0 Å². The minimum atomic E-state index is -1.21. The van der Waals surface area contributed by atoms with Crippen molar-refractivity contribution in [2.24, 2.45) is 16.3 Å². The molecule has 2 fully saturated rings. The summed E-state index contributed by atoms with van der Waals surface area (Å²) in [6.07, 6.45) is 7.03. The fraction of sp³-hybridized carbons (Fsp3) is 0.558. The van der Waals surface area contributed by atoms with E-state index in [1.54, 1.807) is 30.2 Å². The summed E-state index contributed by atoms with van der Waals surface area (Å²) < 4.78 is 14.7. The lowest BCUT2D eigenvalue weighted by Gasteiger charge is -2.46. The number of carbonyl (C=O) groups excluding carboxylic acids is 5. The molecule has 3 aliphatic heterocycles. The summed E-state index contributed by atoms with van der Waals surface area (Å²) in [5.41, 5.74) is 7.96. The van der Waals surface area contributed by atoms with Crippen LogP contribution < -0.4 is 10.7 Å². The number of thiazole rings is 1. The fourth-order valence-electron chi connectivity index (χ4n) is 10.1. The third-order valence-electron chi connectivity index (χ3n) is 13.7. The van der Waals surface area contributed by atoms with Gasteiger partial charge in [-0.05, 0) is 89.0 Å². The summed E-state index contributed by atoms with van der Waals surface area (Å²) in [5, 5.41) is 8.11. The van der Waals surface area contributed by atoms with Gasteiger partial charge >= 0.3 is 6.03 Å². The van der Waals surface area contributed by atoms with Gasteiger partial charge in [0.25, 0.3) is 5.91 Å². The van der Waals surface area contributed by atoms with Crippen molar-refractivity contribution < 1.29 is 33.4 Å². The van der Waals surface area contributed by atoms with Crippen LogP contribution in [0.2, 0.25) is 0 Å². The number of aldehydes is 1. The number of aryl methyl sites for hydroxylation is 1. The number of rotatable bonds is 12. The molecular weight excluding hydrogens is 895 g/mol. The topological polar surface area (TPSA) is 171 Å². The average Bonchev–Trinajstić information content (AvgIpc) is 3.91. The third kappa shape index (κ3) is 11.1. The molecule has 2 saturated heterocycles. The molecule has 1 aromatic carbocycles. The third-order valence-corrected chi connectivity index (χ3v) is 14.6. The van der Waals surface area contributed by atoms with Gasteiger partial charge in [-0.3, -0.25) is 24.4 Å². The molecule has 0 spiro atoms. The Bertz CT molecular complexity index is 2490. The lowest BCUT2D eigenvalue weighted by Crippen LogP contribution is -2.67. The highest BCUT2D eigenvalue weighted by Gasteiger charge is 2.43. The number of aromatic nitrogens is 2. The van der Waals surface area contributed by atoms with Crippen LogP contribution in [0.3, 0.4) is 0 Å². The predicted octanol–water partition coefficient (Wildman–Crippen LogP) is 6.68. The maximum atomic E-state index is 14.8. The number of ether oxygens (including phenoxy) is 2. The zero-order valence-electron chi connectivity index (χ0n) is 42.5. The van der Waals surface area contributed by atoms with E-state index < -0.39 is 34.9 Å². The van der Waals surface area contributed by atoms with Crippen molar-refractivity contribution in [3.05, 3.63) is 70.9 Å². The summed E-state index contributed by atoms with van der Waals surface area (Å²) in [6.45, 7) is 27.5. The van der Waals surface area contributed by atoms with Crippen LogP contribution in [0.15, 0.2) is 59.6 Å². The molecular formula is C52H73N9O7S. The molecule has 2 N–H and O–H groups in total. The number of methoxy groups -OCH3 is 1. The lowest BCUT2D eigenvalue weighted by molar-refractivity contribution is -0.147. The normalized spacial score (nSPS) is 23.6. The molecule has 0 radical (unpaired) electrons. The van der Waals surface area contributed by atoms with Gasteiger partial charge in [-0.15, -0.1) is 11.3 Å². The smallest absolute Gasteiger partial charge is 0.320 e. The molecule has 0 saturated carbocycles. The van der Waals surface area contributed by atoms with Gasteiger partial charge in [0.1, 0.15) is 23.9 Å². The average molecular weight is 968 g/mol. The maximum absolute atomic E-state index is 14.8. The number of hydrazine groups is 1. The molecule has 5 amide bonds. The van der Waals surface area contributed by atoms with Gasteiger partial charge in [0, 0.05) is 92.5 Å². The molecule has 16 nitrogen and oxygen atoms in total. The van der Waals surface area contributed by atoms with Crippen molar-refractivity contribution in [1.82, 2.24) is 40.0 Å². The molecule has 2 aromatic heterocycles. The first-order valence-electron chi connectivity index (χ1n) is 24.2. The zero-order valence-corrected chi connectivity index (χ0v) is 43.3. The van der Waals surface area contributed by atoms with Gasteiger partial charge < -0.3 is 38.9 Å². The number of hydrogen-bond donors (Lipinski definition) is 2. The molecule has 5 heterocycles. The van der Waals surface area contributed by atoms with Crippen molar-refractivity contribution in [2.45, 2.75) is 130 Å². The second-order valence-electron chi connectivity index (χ2n) is 19.9. The number of hydrogen-bond acceptors (Lipinski definition) is 11. The summed E-state index contributed by atoms with van der Waals surface area (Å²) >= 11 is 1.40. The molecule has 3 aliphatic rings. The highest BCUT2D eigenvalue weighted by atomic mass is 32.1. The Morgan fingerprint density at radius 2 is 1.83 bits per heavy atom.